The molecule has 2 aromatic carbocycles. The first kappa shape index (κ1) is 13.3. The minimum atomic E-state index is -0.695. The van der Waals surface area contributed by atoms with Crippen LogP contribution in [-0.2, 0) is 0 Å². The van der Waals surface area contributed by atoms with Crippen molar-refractivity contribution in [1.29, 1.82) is 0 Å². The highest BCUT2D eigenvalue weighted by Crippen LogP contribution is 2.20. The number of carbonyl (C=O) groups excluding carboxylic acids is 1. The fourth-order valence-electron chi connectivity index (χ4n) is 1.49. The quantitative estimate of drug-likeness (QED) is 0.829. The van der Waals surface area contributed by atoms with E-state index in [2.05, 4.69) is 5.32 Å². The van der Waals surface area contributed by atoms with Crippen molar-refractivity contribution < 1.29 is 13.6 Å². The van der Waals surface area contributed by atoms with Gasteiger partial charge < -0.3 is 11.1 Å². The van der Waals surface area contributed by atoms with Gasteiger partial charge in [0.1, 0.15) is 11.6 Å². The molecule has 0 fully saturated rings. The van der Waals surface area contributed by atoms with Crippen LogP contribution in [-0.4, -0.2) is 5.91 Å². The minimum absolute atomic E-state index is 0.133. The number of anilines is 2. The molecule has 0 aliphatic carbocycles. The van der Waals surface area contributed by atoms with Gasteiger partial charge in [-0.1, -0.05) is 11.6 Å². The lowest BCUT2D eigenvalue weighted by Gasteiger charge is -2.07. The maximum atomic E-state index is 13.5. The topological polar surface area (TPSA) is 55.1 Å². The Morgan fingerprint density at radius 2 is 1.79 bits per heavy atom. The molecule has 6 heteroatoms. The van der Waals surface area contributed by atoms with Crippen molar-refractivity contribution >= 4 is 28.9 Å². The number of nitrogen functional groups attached to an aromatic ring is 1. The van der Waals surface area contributed by atoms with Crippen molar-refractivity contribution in [3.05, 3.63) is 58.6 Å². The molecule has 0 unspecified atom stereocenters. The smallest absolute Gasteiger partial charge is 0.258 e. The standard InChI is InChI=1S/C13H9ClF2N2O/c14-10-6-8(2-4-12(10)16)18-13(19)9-5-7(17)1-3-11(9)15/h1-6H,17H2,(H,18,19). The molecule has 2 rings (SSSR count). The van der Waals surface area contributed by atoms with Crippen LogP contribution in [0.5, 0.6) is 0 Å². The van der Waals surface area contributed by atoms with Gasteiger partial charge in [-0.3, -0.25) is 4.79 Å². The van der Waals surface area contributed by atoms with Gasteiger partial charge in [-0.15, -0.1) is 0 Å². The van der Waals surface area contributed by atoms with E-state index in [-0.39, 0.29) is 22.0 Å². The lowest BCUT2D eigenvalue weighted by atomic mass is 10.1. The first-order valence-corrected chi connectivity index (χ1v) is 5.66. The predicted octanol–water partition coefficient (Wildman–Crippen LogP) is 3.45. The zero-order valence-electron chi connectivity index (χ0n) is 9.58. The molecule has 0 radical (unpaired) electrons. The van der Waals surface area contributed by atoms with Gasteiger partial charge >= 0.3 is 0 Å². The van der Waals surface area contributed by atoms with Gasteiger partial charge in [0.25, 0.3) is 5.91 Å². The molecule has 0 saturated heterocycles. The van der Waals surface area contributed by atoms with Gasteiger partial charge in [0.2, 0.25) is 0 Å². The maximum absolute atomic E-state index is 13.5. The van der Waals surface area contributed by atoms with E-state index in [9.17, 15) is 13.6 Å². The summed E-state index contributed by atoms with van der Waals surface area (Å²) in [6, 6.07) is 7.33. The summed E-state index contributed by atoms with van der Waals surface area (Å²) < 4.78 is 26.4. The second-order valence-electron chi connectivity index (χ2n) is 3.82. The van der Waals surface area contributed by atoms with E-state index in [4.69, 9.17) is 17.3 Å². The largest absolute Gasteiger partial charge is 0.399 e. The van der Waals surface area contributed by atoms with Crippen molar-refractivity contribution in [2.45, 2.75) is 0 Å². The van der Waals surface area contributed by atoms with E-state index in [0.29, 0.717) is 0 Å². The highest BCUT2D eigenvalue weighted by Gasteiger charge is 2.13. The van der Waals surface area contributed by atoms with Gasteiger partial charge in [0.05, 0.1) is 10.6 Å². The fraction of sp³-hybridized carbons (Fsp3) is 0. The van der Waals surface area contributed by atoms with E-state index in [1.807, 2.05) is 0 Å². The number of amides is 1. The number of nitrogens with two attached hydrogens (primary N) is 1. The van der Waals surface area contributed by atoms with Crippen LogP contribution >= 0.6 is 11.6 Å². The summed E-state index contributed by atoms with van der Waals surface area (Å²) in [6.07, 6.45) is 0. The van der Waals surface area contributed by atoms with E-state index < -0.39 is 17.5 Å². The summed E-state index contributed by atoms with van der Waals surface area (Å²) in [4.78, 5) is 11.8. The minimum Gasteiger partial charge on any atom is -0.399 e. The average Bonchev–Trinajstić information content (AvgIpc) is 2.36. The number of benzene rings is 2. The molecule has 98 valence electrons. The zero-order chi connectivity index (χ0) is 14.0. The molecule has 0 heterocycles. The molecule has 0 atom stereocenters. The normalized spacial score (nSPS) is 10.3. The molecular weight excluding hydrogens is 274 g/mol. The number of rotatable bonds is 2. The van der Waals surface area contributed by atoms with E-state index in [1.54, 1.807) is 0 Å². The number of carbonyl (C=O) groups is 1. The van der Waals surface area contributed by atoms with Crippen LogP contribution in [0.1, 0.15) is 10.4 Å². The number of hydrogen-bond donors (Lipinski definition) is 2. The van der Waals surface area contributed by atoms with Crippen molar-refractivity contribution in [3.8, 4) is 0 Å². The first-order valence-electron chi connectivity index (χ1n) is 5.29. The summed E-state index contributed by atoms with van der Waals surface area (Å²) in [6.45, 7) is 0. The molecule has 1 amide bonds. The van der Waals surface area contributed by atoms with Gasteiger partial charge in [-0.25, -0.2) is 8.78 Å². The Balaban J connectivity index is 2.25. The summed E-state index contributed by atoms with van der Waals surface area (Å²) in [5.41, 5.74) is 5.82. The third-order valence-corrected chi connectivity index (χ3v) is 2.70. The lowest BCUT2D eigenvalue weighted by molar-refractivity contribution is 0.102. The van der Waals surface area contributed by atoms with Crippen LogP contribution < -0.4 is 11.1 Å². The zero-order valence-corrected chi connectivity index (χ0v) is 10.3. The fourth-order valence-corrected chi connectivity index (χ4v) is 1.67. The molecule has 0 aliphatic rings. The summed E-state index contributed by atoms with van der Waals surface area (Å²) in [7, 11) is 0. The molecule has 0 spiro atoms. The predicted molar refractivity (Wildman–Crippen MR) is 70.2 cm³/mol. The highest BCUT2D eigenvalue weighted by atomic mass is 35.5. The Morgan fingerprint density at radius 3 is 2.47 bits per heavy atom. The molecule has 3 N–H and O–H groups in total. The monoisotopic (exact) mass is 282 g/mol. The van der Waals surface area contributed by atoms with Crippen molar-refractivity contribution in [2.24, 2.45) is 0 Å². The van der Waals surface area contributed by atoms with Gasteiger partial charge in [0, 0.05) is 11.4 Å². The summed E-state index contributed by atoms with van der Waals surface area (Å²) in [5.74, 6) is -1.98. The van der Waals surface area contributed by atoms with Gasteiger partial charge in [-0.05, 0) is 36.4 Å². The molecule has 0 bridgehead atoms. The summed E-state index contributed by atoms with van der Waals surface area (Å²) in [5, 5.41) is 2.28. The van der Waals surface area contributed by atoms with Crippen molar-refractivity contribution in [3.63, 3.8) is 0 Å². The molecule has 2 aromatic rings. The molecule has 3 nitrogen and oxygen atoms in total. The summed E-state index contributed by atoms with van der Waals surface area (Å²) >= 11 is 5.58. The lowest BCUT2D eigenvalue weighted by Crippen LogP contribution is -2.14. The third-order valence-electron chi connectivity index (χ3n) is 2.41. The number of hydrogen-bond acceptors (Lipinski definition) is 2. The molecule has 0 saturated carbocycles. The van der Waals surface area contributed by atoms with Gasteiger partial charge in [0.15, 0.2) is 0 Å². The van der Waals surface area contributed by atoms with Crippen LogP contribution in [0.2, 0.25) is 5.02 Å². The van der Waals surface area contributed by atoms with E-state index in [0.717, 1.165) is 12.1 Å². The number of nitrogens with one attached hydrogen (secondary N) is 1. The highest BCUT2D eigenvalue weighted by molar-refractivity contribution is 6.31. The Bertz CT molecular complexity index is 647. The second kappa shape index (κ2) is 5.24. The molecule has 0 aromatic heterocycles. The van der Waals surface area contributed by atoms with Crippen molar-refractivity contribution in [2.75, 3.05) is 11.1 Å². The van der Waals surface area contributed by atoms with Crippen LogP contribution in [0.25, 0.3) is 0 Å². The maximum Gasteiger partial charge on any atom is 0.258 e. The first-order chi connectivity index (χ1) is 8.97. The second-order valence-corrected chi connectivity index (χ2v) is 4.23. The van der Waals surface area contributed by atoms with Crippen LogP contribution in [0.3, 0.4) is 0 Å². The number of halogens is 3. The average molecular weight is 283 g/mol. The van der Waals surface area contributed by atoms with E-state index in [1.165, 1.54) is 24.3 Å². The Hall–Kier alpha value is -2.14. The Kier molecular flexibility index (Phi) is 3.66. The third kappa shape index (κ3) is 3.00. The van der Waals surface area contributed by atoms with Crippen LogP contribution in [0.4, 0.5) is 20.2 Å². The molecular formula is C13H9ClF2N2O. The van der Waals surface area contributed by atoms with Crippen LogP contribution in [0, 0.1) is 11.6 Å². The SMILES string of the molecule is Nc1ccc(F)c(C(=O)Nc2ccc(F)c(Cl)c2)c1. The molecule has 0 aliphatic heterocycles. The van der Waals surface area contributed by atoms with Crippen molar-refractivity contribution in [1.82, 2.24) is 0 Å². The van der Waals surface area contributed by atoms with Gasteiger partial charge in [-0.2, -0.15) is 0 Å². The Labute approximate surface area is 113 Å². The van der Waals surface area contributed by atoms with E-state index >= 15 is 0 Å². The van der Waals surface area contributed by atoms with Crippen LogP contribution in [0.15, 0.2) is 36.4 Å². The Morgan fingerprint density at radius 1 is 1.11 bits per heavy atom. The molecule has 19 heavy (non-hydrogen) atoms.